The van der Waals surface area contributed by atoms with Gasteiger partial charge >= 0.3 is 0 Å². The Kier molecular flexibility index (Phi) is 2.81. The summed E-state index contributed by atoms with van der Waals surface area (Å²) >= 11 is 0. The van der Waals surface area contributed by atoms with Crippen molar-refractivity contribution in [3.63, 3.8) is 0 Å². The lowest BCUT2D eigenvalue weighted by atomic mass is 9.90. The van der Waals surface area contributed by atoms with Gasteiger partial charge in [0.15, 0.2) is 5.69 Å². The summed E-state index contributed by atoms with van der Waals surface area (Å²) in [4.78, 5) is 27.0. The minimum Gasteiger partial charge on any atom is -0.292 e. The first-order valence-electron chi connectivity index (χ1n) is 6.13. The maximum absolute atomic E-state index is 12.1. The molecule has 2 aromatic carbocycles. The fourth-order valence-electron chi connectivity index (χ4n) is 2.45. The van der Waals surface area contributed by atoms with Gasteiger partial charge in [-0.25, -0.2) is 4.85 Å². The Morgan fingerprint density at radius 3 is 2.55 bits per heavy atom. The highest BCUT2D eigenvalue weighted by molar-refractivity contribution is 6.13. The average molecular weight is 262 g/mol. The van der Waals surface area contributed by atoms with Crippen LogP contribution in [-0.4, -0.2) is 11.8 Å². The highest BCUT2D eigenvalue weighted by Crippen LogP contribution is 2.34. The number of nitrogens with one attached hydrogen (secondary N) is 1. The van der Waals surface area contributed by atoms with Gasteiger partial charge in [0.1, 0.15) is 0 Å². The van der Waals surface area contributed by atoms with Gasteiger partial charge in [0.25, 0.3) is 5.91 Å². The zero-order valence-corrected chi connectivity index (χ0v) is 10.5. The Hall–Kier alpha value is -2.93. The average Bonchev–Trinajstić information content (AvgIpc) is 2.46. The Bertz CT molecular complexity index is 772. The normalized spacial score (nSPS) is 13.3. The molecule has 1 N–H and O–H groups in total. The van der Waals surface area contributed by atoms with Gasteiger partial charge < -0.3 is 0 Å². The van der Waals surface area contributed by atoms with Crippen molar-refractivity contribution in [1.82, 2.24) is 5.32 Å². The molecule has 20 heavy (non-hydrogen) atoms. The summed E-state index contributed by atoms with van der Waals surface area (Å²) < 4.78 is 0. The summed E-state index contributed by atoms with van der Waals surface area (Å²) in [7, 11) is 0. The van der Waals surface area contributed by atoms with E-state index in [0.29, 0.717) is 27.9 Å². The van der Waals surface area contributed by atoms with Crippen molar-refractivity contribution in [2.75, 3.05) is 0 Å². The first-order chi connectivity index (χ1) is 9.70. The van der Waals surface area contributed by atoms with Gasteiger partial charge in [-0.15, -0.1) is 0 Å². The quantitative estimate of drug-likeness (QED) is 0.634. The summed E-state index contributed by atoms with van der Waals surface area (Å²) in [6.45, 7) is 7.23. The highest BCUT2D eigenvalue weighted by atomic mass is 16.2. The molecule has 0 aliphatic carbocycles. The van der Waals surface area contributed by atoms with E-state index in [1.165, 1.54) is 0 Å². The van der Waals surface area contributed by atoms with Gasteiger partial charge in [0.2, 0.25) is 5.91 Å². The number of rotatable bonds is 1. The molecule has 0 spiro atoms. The van der Waals surface area contributed by atoms with Gasteiger partial charge in [0, 0.05) is 0 Å². The maximum Gasteiger partial charge on any atom is 0.258 e. The van der Waals surface area contributed by atoms with Crippen LogP contribution < -0.4 is 5.32 Å². The minimum absolute atomic E-state index is 0.190. The van der Waals surface area contributed by atoms with E-state index in [-0.39, 0.29) is 12.3 Å². The molecule has 0 atom stereocenters. The summed E-state index contributed by atoms with van der Waals surface area (Å²) in [6, 6.07) is 12.5. The maximum atomic E-state index is 12.1. The van der Waals surface area contributed by atoms with Crippen LogP contribution in [0, 0.1) is 6.57 Å². The van der Waals surface area contributed by atoms with E-state index in [9.17, 15) is 9.59 Å². The van der Waals surface area contributed by atoms with Gasteiger partial charge in [-0.1, -0.05) is 42.5 Å². The molecule has 4 heteroatoms. The second-order valence-corrected chi connectivity index (χ2v) is 4.52. The van der Waals surface area contributed by atoms with Crippen LogP contribution in [0.1, 0.15) is 15.9 Å². The molecule has 0 saturated heterocycles. The van der Waals surface area contributed by atoms with Crippen LogP contribution >= 0.6 is 0 Å². The van der Waals surface area contributed by atoms with Crippen molar-refractivity contribution < 1.29 is 9.59 Å². The van der Waals surface area contributed by atoms with E-state index in [4.69, 9.17) is 6.57 Å². The van der Waals surface area contributed by atoms with Crippen LogP contribution in [0.3, 0.4) is 0 Å². The first-order valence-corrected chi connectivity index (χ1v) is 6.13. The number of para-hydroxylation sites is 1. The summed E-state index contributed by atoms with van der Waals surface area (Å²) in [5.74, 6) is -0.690. The third kappa shape index (κ3) is 1.86. The molecule has 0 fully saturated rings. The van der Waals surface area contributed by atoms with Crippen molar-refractivity contribution >= 4 is 17.5 Å². The van der Waals surface area contributed by atoms with E-state index in [1.54, 1.807) is 30.3 Å². The Morgan fingerprint density at radius 1 is 1.00 bits per heavy atom. The number of carbonyl (C=O) groups excluding carboxylic acids is 2. The second-order valence-electron chi connectivity index (χ2n) is 4.52. The molecular formula is C16H10N2O2. The smallest absolute Gasteiger partial charge is 0.258 e. The number of amides is 2. The number of nitrogens with zero attached hydrogens (tertiary/aromatic N) is 1. The third-order valence-electron chi connectivity index (χ3n) is 3.30. The lowest BCUT2D eigenvalue weighted by molar-refractivity contribution is -0.119. The fraction of sp³-hybridized carbons (Fsp3) is 0.0625. The van der Waals surface area contributed by atoms with E-state index < -0.39 is 5.91 Å². The second kappa shape index (κ2) is 4.63. The Labute approximate surface area is 115 Å². The molecule has 0 saturated carbocycles. The van der Waals surface area contributed by atoms with Crippen LogP contribution in [0.2, 0.25) is 0 Å². The lowest BCUT2D eigenvalue weighted by Crippen LogP contribution is -2.37. The number of fused-ring (bicyclic) bond motifs is 1. The molecule has 0 bridgehead atoms. The van der Waals surface area contributed by atoms with Crippen molar-refractivity contribution in [3.8, 4) is 11.1 Å². The molecule has 0 unspecified atom stereocenters. The summed E-state index contributed by atoms with van der Waals surface area (Å²) in [5, 5.41) is 2.33. The van der Waals surface area contributed by atoms with Gasteiger partial charge in [0.05, 0.1) is 18.6 Å². The zero-order valence-electron chi connectivity index (χ0n) is 10.5. The first kappa shape index (κ1) is 12.1. The molecule has 96 valence electrons. The molecule has 1 aliphatic rings. The topological polar surface area (TPSA) is 50.5 Å². The van der Waals surface area contributed by atoms with E-state index >= 15 is 0 Å². The number of hydrogen-bond donors (Lipinski definition) is 1. The molecular weight excluding hydrogens is 252 g/mol. The fourth-order valence-corrected chi connectivity index (χ4v) is 2.45. The van der Waals surface area contributed by atoms with Gasteiger partial charge in [-0.05, 0) is 16.7 Å². The summed E-state index contributed by atoms with van der Waals surface area (Å²) in [5.41, 5.74) is 3.09. The molecule has 1 aliphatic heterocycles. The molecule has 0 radical (unpaired) electrons. The third-order valence-corrected chi connectivity index (χ3v) is 3.30. The molecule has 3 rings (SSSR count). The van der Waals surface area contributed by atoms with E-state index in [2.05, 4.69) is 10.2 Å². The SMILES string of the molecule is [C-]#[N+]c1ccccc1-c1cccc2c1C(=O)NC(=O)C2. The van der Waals surface area contributed by atoms with Crippen LogP contribution in [-0.2, 0) is 11.2 Å². The molecule has 1 heterocycles. The van der Waals surface area contributed by atoms with Gasteiger partial charge in [-0.2, -0.15) is 0 Å². The minimum atomic E-state index is -0.397. The molecule has 2 amide bonds. The standard InChI is InChI=1S/C16H10N2O2/c1-17-13-8-3-2-6-11(13)12-7-4-5-10-9-14(19)18-16(20)15(10)12/h2-8H,9H2,(H,18,19,20). The number of hydrogen-bond acceptors (Lipinski definition) is 2. The predicted octanol–water partition coefficient (Wildman–Crippen LogP) is 2.72. The van der Waals surface area contributed by atoms with E-state index in [0.717, 1.165) is 0 Å². The Balaban J connectivity index is 2.27. The molecule has 0 aromatic heterocycles. The van der Waals surface area contributed by atoms with Crippen molar-refractivity contribution in [2.24, 2.45) is 0 Å². The summed E-state index contributed by atoms with van der Waals surface area (Å²) in [6.07, 6.45) is 0.190. The van der Waals surface area contributed by atoms with Crippen molar-refractivity contribution in [3.05, 3.63) is 65.0 Å². The van der Waals surface area contributed by atoms with E-state index in [1.807, 2.05) is 12.1 Å². The lowest BCUT2D eigenvalue weighted by Gasteiger charge is -2.19. The van der Waals surface area contributed by atoms with Crippen LogP contribution in [0.15, 0.2) is 42.5 Å². The number of carbonyl (C=O) groups is 2. The zero-order chi connectivity index (χ0) is 14.1. The highest BCUT2D eigenvalue weighted by Gasteiger charge is 2.25. The molecule has 2 aromatic rings. The predicted molar refractivity (Wildman–Crippen MR) is 74.3 cm³/mol. The van der Waals surface area contributed by atoms with Crippen LogP contribution in [0.25, 0.3) is 16.0 Å². The van der Waals surface area contributed by atoms with Crippen molar-refractivity contribution in [1.29, 1.82) is 0 Å². The Morgan fingerprint density at radius 2 is 1.75 bits per heavy atom. The molecule has 4 nitrogen and oxygen atoms in total. The van der Waals surface area contributed by atoms with Crippen LogP contribution in [0.4, 0.5) is 5.69 Å². The monoisotopic (exact) mass is 262 g/mol. The number of imide groups is 1. The van der Waals surface area contributed by atoms with Gasteiger partial charge in [-0.3, -0.25) is 14.9 Å². The number of benzene rings is 2. The largest absolute Gasteiger partial charge is 0.292 e. The van der Waals surface area contributed by atoms with Crippen molar-refractivity contribution in [2.45, 2.75) is 6.42 Å². The van der Waals surface area contributed by atoms with Crippen LogP contribution in [0.5, 0.6) is 0 Å².